The van der Waals surface area contributed by atoms with Gasteiger partial charge in [-0.15, -0.1) is 4.68 Å². The van der Waals surface area contributed by atoms with Crippen LogP contribution in [0.3, 0.4) is 0 Å². The first kappa shape index (κ1) is 36.8. The van der Waals surface area contributed by atoms with Crippen LogP contribution in [0.1, 0.15) is 40.6 Å². The number of hydrogen-bond acceptors (Lipinski definition) is 7. The van der Waals surface area contributed by atoms with Crippen LogP contribution in [0.15, 0.2) is 73.6 Å². The Kier molecular flexibility index (Phi) is 10.9. The van der Waals surface area contributed by atoms with Gasteiger partial charge in [0.25, 0.3) is 6.33 Å². The summed E-state index contributed by atoms with van der Waals surface area (Å²) in [7, 11) is 0. The van der Waals surface area contributed by atoms with Gasteiger partial charge in [-0.25, -0.2) is 31.8 Å². The van der Waals surface area contributed by atoms with Crippen LogP contribution in [0.2, 0.25) is 0 Å². The van der Waals surface area contributed by atoms with Gasteiger partial charge >= 0.3 is 18.3 Å². The lowest BCUT2D eigenvalue weighted by Crippen LogP contribution is -2.38. The molecule has 0 aliphatic heterocycles. The zero-order valence-corrected chi connectivity index (χ0v) is 27.6. The molecule has 1 N–H and O–H groups in total. The van der Waals surface area contributed by atoms with Gasteiger partial charge in [0, 0.05) is 23.7 Å². The van der Waals surface area contributed by atoms with Gasteiger partial charge in [-0.3, -0.25) is 4.79 Å². The summed E-state index contributed by atoms with van der Waals surface area (Å²) in [4.78, 5) is 15.7. The maximum atomic E-state index is 15.1. The van der Waals surface area contributed by atoms with Crippen LogP contribution in [0.5, 0.6) is 11.5 Å². The Morgan fingerprint density at radius 2 is 1.69 bits per heavy atom. The summed E-state index contributed by atoms with van der Waals surface area (Å²) in [5.41, 5.74) is 0.859. The molecule has 0 fully saturated rings. The first-order valence-electron chi connectivity index (χ1n) is 15.4. The number of halogens is 6. The molecule has 1 atom stereocenters. The second-order valence-corrected chi connectivity index (χ2v) is 12.0. The second-order valence-electron chi connectivity index (χ2n) is 12.0. The molecular weight excluding hydrogens is 682 g/mol. The maximum Gasteiger partial charge on any atom is 0.340 e. The molecule has 2 aromatic heterocycles. The molecular formula is C35H33F6N6O4+. The third-order valence-corrected chi connectivity index (χ3v) is 7.65. The number of ether oxygens (including phenoxy) is 2. The van der Waals surface area contributed by atoms with Crippen molar-refractivity contribution in [2.75, 3.05) is 6.61 Å². The fourth-order valence-corrected chi connectivity index (χ4v) is 5.35. The van der Waals surface area contributed by atoms with Gasteiger partial charge in [-0.2, -0.15) is 13.9 Å². The number of carbonyl (C=O) groups is 1. The van der Waals surface area contributed by atoms with Crippen molar-refractivity contribution in [3.05, 3.63) is 119 Å². The molecule has 0 unspecified atom stereocenters. The van der Waals surface area contributed by atoms with Gasteiger partial charge in [0.15, 0.2) is 12.4 Å². The van der Waals surface area contributed by atoms with Crippen molar-refractivity contribution in [2.24, 2.45) is 0 Å². The lowest BCUT2D eigenvalue weighted by atomic mass is 9.93. The Labute approximate surface area is 288 Å². The molecule has 0 amide bonds. The fourth-order valence-electron chi connectivity index (χ4n) is 5.35. The molecule has 0 saturated heterocycles. The zero-order chi connectivity index (χ0) is 36.9. The van der Waals surface area contributed by atoms with E-state index in [1.807, 2.05) is 26.0 Å². The predicted molar refractivity (Wildman–Crippen MR) is 171 cm³/mol. The highest BCUT2D eigenvalue weighted by Gasteiger charge is 2.41. The smallest absolute Gasteiger partial charge is 0.340 e. The van der Waals surface area contributed by atoms with Crippen LogP contribution in [-0.2, 0) is 30.0 Å². The Morgan fingerprint density at radius 3 is 2.33 bits per heavy atom. The molecule has 0 aliphatic rings. The van der Waals surface area contributed by atoms with E-state index in [0.29, 0.717) is 23.9 Å². The van der Waals surface area contributed by atoms with E-state index < -0.39 is 42.2 Å². The summed E-state index contributed by atoms with van der Waals surface area (Å²) in [5.74, 6) is -5.82. The number of aryl methyl sites for hydroxylation is 2. The van der Waals surface area contributed by atoms with Crippen molar-refractivity contribution in [1.29, 1.82) is 0 Å². The molecule has 0 bridgehead atoms. The Hall–Kier alpha value is -5.51. The van der Waals surface area contributed by atoms with Gasteiger partial charge in [-0.05, 0) is 72.5 Å². The summed E-state index contributed by atoms with van der Waals surface area (Å²) in [5, 5.41) is 20.6. The van der Waals surface area contributed by atoms with Crippen molar-refractivity contribution >= 4 is 18.1 Å². The van der Waals surface area contributed by atoms with Crippen LogP contribution < -0.4 is 14.0 Å². The second kappa shape index (κ2) is 15.2. The predicted octanol–water partition coefficient (Wildman–Crippen LogP) is 5.67. The third kappa shape index (κ3) is 9.39. The van der Waals surface area contributed by atoms with E-state index in [4.69, 9.17) is 9.47 Å². The summed E-state index contributed by atoms with van der Waals surface area (Å²) < 4.78 is 94.5. The van der Waals surface area contributed by atoms with E-state index in [2.05, 4.69) is 15.2 Å². The summed E-state index contributed by atoms with van der Waals surface area (Å²) in [6.45, 7) is 3.35. The maximum absolute atomic E-state index is 15.1. The highest BCUT2D eigenvalue weighted by Crippen LogP contribution is 2.29. The molecule has 0 aliphatic carbocycles. The molecule has 0 radical (unpaired) electrons. The summed E-state index contributed by atoms with van der Waals surface area (Å²) >= 11 is 0. The molecule has 0 spiro atoms. The normalized spacial score (nSPS) is 13.2. The van der Waals surface area contributed by atoms with Crippen LogP contribution in [0.4, 0.5) is 26.3 Å². The van der Waals surface area contributed by atoms with Gasteiger partial charge in [0.05, 0.1) is 13.1 Å². The molecule has 0 saturated carbocycles. The minimum Gasteiger partial charge on any atom is -0.487 e. The number of alkyl halides is 4. The number of esters is 1. The zero-order valence-electron chi connectivity index (χ0n) is 27.6. The molecule has 16 heteroatoms. The number of carbonyl (C=O) groups excluding carboxylic acids is 1. The standard InChI is InChI=1S/C35H33F6N6O4/c1-22-12-26(13-23(2)32(22)51-24(3)48)15-45-20-43-47(21-45)17-34(49,29-10-7-27(36)14-30(29)37)16-46-19-42-31(44-46)11-6-25-4-8-28(9-5-25)50-18-35(40,41)33(38)39/h4-14,19-21,33,49H,15-18H2,1-3H3/q+1/b11-6-/t34-/m0/s1. The Bertz CT molecular complexity index is 2010. The molecule has 5 rings (SSSR count). The molecule has 5 aromatic rings. The van der Waals surface area contributed by atoms with Crippen molar-refractivity contribution in [3.63, 3.8) is 0 Å². The highest BCUT2D eigenvalue weighted by atomic mass is 19.3. The average Bonchev–Trinajstić information content (AvgIpc) is 3.69. The molecule has 10 nitrogen and oxygen atoms in total. The van der Waals surface area contributed by atoms with Crippen molar-refractivity contribution in [1.82, 2.24) is 24.5 Å². The lowest BCUT2D eigenvalue weighted by Gasteiger charge is -2.26. The number of benzene rings is 3. The van der Waals surface area contributed by atoms with Crippen molar-refractivity contribution < 1.29 is 50.3 Å². The van der Waals surface area contributed by atoms with E-state index in [1.54, 1.807) is 17.0 Å². The number of aliphatic hydroxyl groups is 1. The SMILES string of the molecule is CC(=O)Oc1c(C)cc(C[n+]2cnn(C[C@@](O)(Cn3cnc(/C=C\c4ccc(OCC(F)(F)C(F)F)cc4)n3)c3ccc(F)cc3F)c2)cc1C. The Balaban J connectivity index is 1.30. The third-order valence-electron chi connectivity index (χ3n) is 7.65. The average molecular weight is 716 g/mol. The number of hydrogen-bond donors (Lipinski definition) is 1. The summed E-state index contributed by atoms with van der Waals surface area (Å²) in [6, 6.07) is 12.3. The molecule has 268 valence electrons. The van der Waals surface area contributed by atoms with E-state index in [9.17, 15) is 31.9 Å². The van der Waals surface area contributed by atoms with E-state index >= 15 is 4.39 Å². The first-order valence-corrected chi connectivity index (χ1v) is 15.4. The minimum absolute atomic E-state index is 0.0232. The van der Waals surface area contributed by atoms with Crippen LogP contribution in [-0.4, -0.2) is 54.6 Å². The molecule has 51 heavy (non-hydrogen) atoms. The van der Waals surface area contributed by atoms with E-state index in [-0.39, 0.29) is 30.2 Å². The fraction of sp³-hybridized carbons (Fsp3) is 0.286. The first-order chi connectivity index (χ1) is 24.1. The van der Waals surface area contributed by atoms with Gasteiger partial charge < -0.3 is 14.6 Å². The summed E-state index contributed by atoms with van der Waals surface area (Å²) in [6.07, 6.45) is 3.74. The van der Waals surface area contributed by atoms with E-state index in [1.165, 1.54) is 59.3 Å². The highest BCUT2D eigenvalue weighted by molar-refractivity contribution is 5.70. The topological polar surface area (TPSA) is 108 Å². The van der Waals surface area contributed by atoms with Gasteiger partial charge in [0.2, 0.25) is 6.33 Å². The minimum atomic E-state index is -4.28. The van der Waals surface area contributed by atoms with E-state index in [0.717, 1.165) is 28.8 Å². The number of aromatic nitrogens is 6. The van der Waals surface area contributed by atoms with Crippen molar-refractivity contribution in [2.45, 2.75) is 58.4 Å². The van der Waals surface area contributed by atoms with Crippen LogP contribution in [0, 0.1) is 25.5 Å². The number of nitrogens with zero attached hydrogens (tertiary/aromatic N) is 6. The molecule has 3 aromatic carbocycles. The molecule has 2 heterocycles. The Morgan fingerprint density at radius 1 is 1.00 bits per heavy atom. The van der Waals surface area contributed by atoms with Crippen LogP contribution in [0.25, 0.3) is 12.2 Å². The monoisotopic (exact) mass is 715 g/mol. The van der Waals surface area contributed by atoms with Gasteiger partial charge in [0.1, 0.15) is 41.6 Å². The van der Waals surface area contributed by atoms with Crippen molar-refractivity contribution in [3.8, 4) is 11.5 Å². The quantitative estimate of drug-likeness (QED) is 0.0684. The van der Waals surface area contributed by atoms with Gasteiger partial charge in [-0.1, -0.05) is 24.3 Å². The van der Waals surface area contributed by atoms with Crippen LogP contribution >= 0.6 is 0 Å². The number of rotatable bonds is 14. The lowest BCUT2D eigenvalue weighted by molar-refractivity contribution is -0.689. The largest absolute Gasteiger partial charge is 0.487 e.